The molecule has 1 atom stereocenters. The predicted molar refractivity (Wildman–Crippen MR) is 85.1 cm³/mol. The van der Waals surface area contributed by atoms with Crippen molar-refractivity contribution >= 4 is 11.8 Å². The van der Waals surface area contributed by atoms with E-state index in [-0.39, 0.29) is 6.04 Å². The Morgan fingerprint density at radius 3 is 2.52 bits per heavy atom. The van der Waals surface area contributed by atoms with Crippen molar-refractivity contribution in [2.24, 2.45) is 12.8 Å². The van der Waals surface area contributed by atoms with Crippen LogP contribution in [0.2, 0.25) is 0 Å². The standard InChI is InChI=1S/C15H21N3O2S/c1-10-7-15(18(2)17-10)21-9-12(16)11-5-6-13(19-3)14(8-11)20-4/h5-8,12H,9,16H2,1-4H3. The van der Waals surface area contributed by atoms with E-state index in [1.807, 2.05) is 36.9 Å². The highest BCUT2D eigenvalue weighted by Gasteiger charge is 2.12. The Morgan fingerprint density at radius 1 is 1.24 bits per heavy atom. The SMILES string of the molecule is COc1ccc(C(N)CSc2cc(C)nn2C)cc1OC. The summed E-state index contributed by atoms with van der Waals surface area (Å²) in [7, 11) is 5.19. The van der Waals surface area contributed by atoms with E-state index in [2.05, 4.69) is 11.2 Å². The molecule has 5 nitrogen and oxygen atoms in total. The molecule has 0 aliphatic heterocycles. The molecule has 0 aliphatic carbocycles. The second kappa shape index (κ2) is 6.87. The van der Waals surface area contributed by atoms with E-state index >= 15 is 0 Å². The van der Waals surface area contributed by atoms with Crippen LogP contribution < -0.4 is 15.2 Å². The van der Waals surface area contributed by atoms with Crippen molar-refractivity contribution in [3.8, 4) is 11.5 Å². The van der Waals surface area contributed by atoms with Crippen molar-refractivity contribution in [1.29, 1.82) is 0 Å². The summed E-state index contributed by atoms with van der Waals surface area (Å²) in [5.41, 5.74) is 8.31. The van der Waals surface area contributed by atoms with Crippen LogP contribution in [0.4, 0.5) is 0 Å². The Hall–Kier alpha value is -1.66. The first-order valence-corrected chi connectivity index (χ1v) is 7.64. The fraction of sp³-hybridized carbons (Fsp3) is 0.400. The number of methoxy groups -OCH3 is 2. The van der Waals surface area contributed by atoms with Crippen LogP contribution in [0.3, 0.4) is 0 Å². The Labute approximate surface area is 129 Å². The van der Waals surface area contributed by atoms with Crippen molar-refractivity contribution in [2.45, 2.75) is 18.0 Å². The molecule has 2 rings (SSSR count). The van der Waals surface area contributed by atoms with Gasteiger partial charge in [0.2, 0.25) is 0 Å². The van der Waals surface area contributed by atoms with Crippen molar-refractivity contribution in [3.63, 3.8) is 0 Å². The number of thioether (sulfide) groups is 1. The maximum atomic E-state index is 6.27. The monoisotopic (exact) mass is 307 g/mol. The van der Waals surface area contributed by atoms with Crippen LogP contribution in [0.25, 0.3) is 0 Å². The number of benzene rings is 1. The molecule has 0 fully saturated rings. The molecule has 0 bridgehead atoms. The zero-order chi connectivity index (χ0) is 15.4. The maximum Gasteiger partial charge on any atom is 0.161 e. The van der Waals surface area contributed by atoms with Gasteiger partial charge in [-0.05, 0) is 30.7 Å². The third kappa shape index (κ3) is 3.71. The first kappa shape index (κ1) is 15.7. The Kier molecular flexibility index (Phi) is 5.14. The largest absolute Gasteiger partial charge is 0.493 e. The van der Waals surface area contributed by atoms with Gasteiger partial charge in [0.25, 0.3) is 0 Å². The molecule has 1 unspecified atom stereocenters. The lowest BCUT2D eigenvalue weighted by Crippen LogP contribution is -2.13. The number of nitrogens with zero attached hydrogens (tertiary/aromatic N) is 2. The van der Waals surface area contributed by atoms with Gasteiger partial charge in [-0.1, -0.05) is 6.07 Å². The third-order valence-electron chi connectivity index (χ3n) is 3.21. The van der Waals surface area contributed by atoms with Gasteiger partial charge in [0.1, 0.15) is 0 Å². The van der Waals surface area contributed by atoms with E-state index in [1.165, 1.54) is 0 Å². The van der Waals surface area contributed by atoms with E-state index in [0.717, 1.165) is 22.0 Å². The van der Waals surface area contributed by atoms with Crippen LogP contribution in [0, 0.1) is 6.92 Å². The van der Waals surface area contributed by atoms with Crippen molar-refractivity contribution in [2.75, 3.05) is 20.0 Å². The summed E-state index contributed by atoms with van der Waals surface area (Å²) >= 11 is 1.70. The average molecular weight is 307 g/mol. The predicted octanol–water partition coefficient (Wildman–Crippen LogP) is 2.54. The lowest BCUT2D eigenvalue weighted by atomic mass is 10.1. The van der Waals surface area contributed by atoms with E-state index in [4.69, 9.17) is 15.2 Å². The number of aryl methyl sites for hydroxylation is 2. The molecule has 0 amide bonds. The lowest BCUT2D eigenvalue weighted by Gasteiger charge is -2.14. The number of rotatable bonds is 6. The zero-order valence-corrected chi connectivity index (χ0v) is 13.6. The van der Waals surface area contributed by atoms with E-state index in [0.29, 0.717) is 11.5 Å². The van der Waals surface area contributed by atoms with Crippen molar-refractivity contribution in [1.82, 2.24) is 9.78 Å². The highest BCUT2D eigenvalue weighted by Crippen LogP contribution is 2.31. The normalized spacial score (nSPS) is 12.2. The van der Waals surface area contributed by atoms with Gasteiger partial charge in [-0.3, -0.25) is 4.68 Å². The molecule has 0 radical (unpaired) electrons. The number of aromatic nitrogens is 2. The fourth-order valence-corrected chi connectivity index (χ4v) is 3.10. The molecule has 1 aromatic heterocycles. The summed E-state index contributed by atoms with van der Waals surface area (Å²) < 4.78 is 12.4. The molecule has 1 aromatic carbocycles. The average Bonchev–Trinajstić information content (AvgIpc) is 2.81. The van der Waals surface area contributed by atoms with Crippen LogP contribution in [-0.4, -0.2) is 29.8 Å². The quantitative estimate of drug-likeness (QED) is 0.831. The molecule has 21 heavy (non-hydrogen) atoms. The molecule has 0 saturated heterocycles. The molecule has 114 valence electrons. The van der Waals surface area contributed by atoms with E-state index in [9.17, 15) is 0 Å². The minimum atomic E-state index is -0.0787. The van der Waals surface area contributed by atoms with Crippen molar-refractivity contribution < 1.29 is 9.47 Å². The molecule has 1 heterocycles. The maximum absolute atomic E-state index is 6.27. The first-order chi connectivity index (χ1) is 10.0. The van der Waals surface area contributed by atoms with Crippen LogP contribution >= 0.6 is 11.8 Å². The van der Waals surface area contributed by atoms with Crippen LogP contribution in [0.1, 0.15) is 17.3 Å². The lowest BCUT2D eigenvalue weighted by molar-refractivity contribution is 0.354. The molecule has 2 N–H and O–H groups in total. The summed E-state index contributed by atoms with van der Waals surface area (Å²) in [6.45, 7) is 1.98. The van der Waals surface area contributed by atoms with Gasteiger partial charge in [-0.15, -0.1) is 11.8 Å². The Morgan fingerprint density at radius 2 is 1.95 bits per heavy atom. The summed E-state index contributed by atoms with van der Waals surface area (Å²) in [6, 6.07) is 7.77. The van der Waals surface area contributed by atoms with Gasteiger partial charge in [0, 0.05) is 18.8 Å². The number of nitrogens with two attached hydrogens (primary N) is 1. The molecule has 0 saturated carbocycles. The second-order valence-electron chi connectivity index (χ2n) is 4.78. The number of ether oxygens (including phenoxy) is 2. The molecule has 0 spiro atoms. The topological polar surface area (TPSA) is 62.3 Å². The van der Waals surface area contributed by atoms with Gasteiger partial charge in [0.15, 0.2) is 11.5 Å². The minimum absolute atomic E-state index is 0.0787. The molecule has 0 aliphatic rings. The summed E-state index contributed by atoms with van der Waals surface area (Å²) in [5, 5.41) is 5.44. The molecule has 2 aromatic rings. The number of hydrogen-bond donors (Lipinski definition) is 1. The zero-order valence-electron chi connectivity index (χ0n) is 12.8. The van der Waals surface area contributed by atoms with Gasteiger partial charge in [0.05, 0.1) is 24.9 Å². The Balaban J connectivity index is 2.06. The second-order valence-corrected chi connectivity index (χ2v) is 5.82. The molecule has 6 heteroatoms. The molecular formula is C15H21N3O2S. The van der Waals surface area contributed by atoms with Crippen LogP contribution in [-0.2, 0) is 7.05 Å². The number of hydrogen-bond acceptors (Lipinski definition) is 5. The van der Waals surface area contributed by atoms with Gasteiger partial charge in [-0.2, -0.15) is 5.10 Å². The smallest absolute Gasteiger partial charge is 0.161 e. The van der Waals surface area contributed by atoms with Gasteiger partial charge < -0.3 is 15.2 Å². The molecular weight excluding hydrogens is 286 g/mol. The third-order valence-corrected chi connectivity index (χ3v) is 4.41. The van der Waals surface area contributed by atoms with Gasteiger partial charge >= 0.3 is 0 Å². The highest BCUT2D eigenvalue weighted by atomic mass is 32.2. The van der Waals surface area contributed by atoms with Crippen LogP contribution in [0.5, 0.6) is 11.5 Å². The fourth-order valence-electron chi connectivity index (χ4n) is 2.08. The first-order valence-electron chi connectivity index (χ1n) is 6.66. The van der Waals surface area contributed by atoms with E-state index in [1.54, 1.807) is 26.0 Å². The van der Waals surface area contributed by atoms with Crippen molar-refractivity contribution in [3.05, 3.63) is 35.5 Å². The summed E-state index contributed by atoms with van der Waals surface area (Å²) in [6.07, 6.45) is 0. The minimum Gasteiger partial charge on any atom is -0.493 e. The summed E-state index contributed by atoms with van der Waals surface area (Å²) in [4.78, 5) is 0. The van der Waals surface area contributed by atoms with E-state index < -0.39 is 0 Å². The Bertz CT molecular complexity index is 613. The summed E-state index contributed by atoms with van der Waals surface area (Å²) in [5.74, 6) is 2.18. The highest BCUT2D eigenvalue weighted by molar-refractivity contribution is 7.99. The van der Waals surface area contributed by atoms with Gasteiger partial charge in [-0.25, -0.2) is 0 Å². The van der Waals surface area contributed by atoms with Crippen LogP contribution in [0.15, 0.2) is 29.3 Å².